The fourth-order valence-electron chi connectivity index (χ4n) is 3.01. The van der Waals surface area contributed by atoms with Crippen molar-refractivity contribution >= 4 is 23.2 Å². The molecule has 1 N–H and O–H groups in total. The summed E-state index contributed by atoms with van der Waals surface area (Å²) in [5.41, 5.74) is 2.48. The first-order valence-electron chi connectivity index (χ1n) is 9.84. The molecule has 0 aliphatic heterocycles. The molecule has 3 rings (SSSR count). The molecule has 0 spiro atoms. The van der Waals surface area contributed by atoms with Crippen molar-refractivity contribution in [2.24, 2.45) is 0 Å². The smallest absolute Gasteiger partial charge is 0.163 e. The molecule has 0 unspecified atom stereocenters. The van der Waals surface area contributed by atoms with Crippen molar-refractivity contribution in [1.29, 1.82) is 0 Å². The van der Waals surface area contributed by atoms with E-state index in [-0.39, 0.29) is 6.61 Å². The number of hydrogen-bond acceptors (Lipinski definition) is 3. The molecule has 30 heavy (non-hydrogen) atoms. The highest BCUT2D eigenvalue weighted by Gasteiger charge is 2.14. The third-order valence-electron chi connectivity index (χ3n) is 4.60. The number of hydrogen-bond donors (Lipinski definition) is 1. The first-order valence-corrected chi connectivity index (χ1v) is 10.6. The lowest BCUT2D eigenvalue weighted by Gasteiger charge is -2.16. The number of rotatable bonds is 10. The van der Waals surface area contributed by atoms with Crippen LogP contribution in [0.15, 0.2) is 60.7 Å². The van der Waals surface area contributed by atoms with E-state index in [1.54, 1.807) is 18.2 Å². The minimum atomic E-state index is -0.411. The molecule has 0 fully saturated rings. The zero-order chi connectivity index (χ0) is 21.3. The van der Waals surface area contributed by atoms with Crippen LogP contribution in [0.3, 0.4) is 0 Å². The van der Waals surface area contributed by atoms with Gasteiger partial charge in [-0.05, 0) is 49.2 Å². The molecule has 3 aromatic carbocycles. The van der Waals surface area contributed by atoms with Gasteiger partial charge in [0.2, 0.25) is 0 Å². The van der Waals surface area contributed by atoms with Gasteiger partial charge in [0, 0.05) is 23.2 Å². The minimum absolute atomic E-state index is 0.0173. The summed E-state index contributed by atoms with van der Waals surface area (Å²) in [6.45, 7) is 3.78. The molecule has 0 radical (unpaired) electrons. The monoisotopic (exact) mass is 447 g/mol. The normalized spacial score (nSPS) is 10.8. The Kier molecular flexibility index (Phi) is 8.38. The number of benzene rings is 3. The first kappa shape index (κ1) is 22.4. The summed E-state index contributed by atoms with van der Waals surface area (Å²) in [5.74, 6) is 0.606. The van der Waals surface area contributed by atoms with E-state index in [1.807, 2.05) is 31.2 Å². The van der Waals surface area contributed by atoms with Crippen molar-refractivity contribution in [3.63, 3.8) is 0 Å². The van der Waals surface area contributed by atoms with Crippen molar-refractivity contribution in [3.8, 4) is 11.5 Å². The second-order valence-corrected chi connectivity index (χ2v) is 7.54. The quantitative estimate of drug-likeness (QED) is 0.362. The van der Waals surface area contributed by atoms with Crippen LogP contribution in [0.4, 0.5) is 4.39 Å². The highest BCUT2D eigenvalue weighted by Crippen LogP contribution is 2.35. The number of halogens is 3. The van der Waals surface area contributed by atoms with Crippen molar-refractivity contribution in [3.05, 3.63) is 93.2 Å². The van der Waals surface area contributed by atoms with Crippen LogP contribution in [0.2, 0.25) is 10.0 Å². The third kappa shape index (κ3) is 6.11. The molecular weight excluding hydrogens is 424 g/mol. The summed E-state index contributed by atoms with van der Waals surface area (Å²) in [7, 11) is 0. The van der Waals surface area contributed by atoms with Crippen molar-refractivity contribution in [1.82, 2.24) is 5.32 Å². The van der Waals surface area contributed by atoms with E-state index < -0.39 is 5.82 Å². The van der Waals surface area contributed by atoms with E-state index in [0.29, 0.717) is 40.3 Å². The fraction of sp³-hybridized carbons (Fsp3) is 0.250. The molecular formula is C24H24Cl2FNO2. The Labute approximate surface area is 186 Å². The highest BCUT2D eigenvalue weighted by atomic mass is 35.5. The zero-order valence-corrected chi connectivity index (χ0v) is 18.3. The van der Waals surface area contributed by atoms with Gasteiger partial charge < -0.3 is 14.8 Å². The maximum Gasteiger partial charge on any atom is 0.163 e. The topological polar surface area (TPSA) is 30.5 Å². The molecule has 3 nitrogen and oxygen atoms in total. The van der Waals surface area contributed by atoms with E-state index in [4.69, 9.17) is 32.7 Å². The van der Waals surface area contributed by atoms with Gasteiger partial charge >= 0.3 is 0 Å². The van der Waals surface area contributed by atoms with E-state index in [0.717, 1.165) is 18.5 Å². The summed E-state index contributed by atoms with van der Waals surface area (Å²) < 4.78 is 25.5. The molecule has 0 aromatic heterocycles. The maximum absolute atomic E-state index is 14.0. The van der Waals surface area contributed by atoms with Crippen LogP contribution in [0.25, 0.3) is 0 Å². The molecule has 0 aliphatic rings. The van der Waals surface area contributed by atoms with Crippen LogP contribution < -0.4 is 14.8 Å². The Bertz CT molecular complexity index is 947. The van der Waals surface area contributed by atoms with Gasteiger partial charge in [0.25, 0.3) is 0 Å². The van der Waals surface area contributed by atoms with E-state index in [2.05, 4.69) is 17.4 Å². The SMILES string of the molecule is CCOc1cc(CNCCc2ccccc2)c(Cl)cc1OCc1c(F)cccc1Cl. The molecule has 158 valence electrons. The summed E-state index contributed by atoms with van der Waals surface area (Å²) in [4.78, 5) is 0. The lowest BCUT2D eigenvalue weighted by atomic mass is 10.1. The van der Waals surface area contributed by atoms with Crippen LogP contribution in [-0.4, -0.2) is 13.2 Å². The Balaban J connectivity index is 1.65. The molecule has 0 aliphatic carbocycles. The minimum Gasteiger partial charge on any atom is -0.490 e. The molecule has 0 atom stereocenters. The van der Waals surface area contributed by atoms with Crippen LogP contribution in [0.1, 0.15) is 23.6 Å². The number of ether oxygens (including phenoxy) is 2. The van der Waals surface area contributed by atoms with Crippen molar-refractivity contribution in [2.45, 2.75) is 26.5 Å². The van der Waals surface area contributed by atoms with Gasteiger partial charge in [-0.15, -0.1) is 0 Å². The summed E-state index contributed by atoms with van der Waals surface area (Å²) in [6, 6.07) is 18.4. The predicted molar refractivity (Wildman–Crippen MR) is 120 cm³/mol. The molecule has 0 saturated carbocycles. The van der Waals surface area contributed by atoms with Crippen molar-refractivity contribution in [2.75, 3.05) is 13.2 Å². The van der Waals surface area contributed by atoms with Gasteiger partial charge in [0.1, 0.15) is 12.4 Å². The molecule has 0 amide bonds. The predicted octanol–water partition coefficient (Wildman–Crippen LogP) is 6.44. The Morgan fingerprint density at radius 3 is 2.40 bits per heavy atom. The summed E-state index contributed by atoms with van der Waals surface area (Å²) >= 11 is 12.5. The highest BCUT2D eigenvalue weighted by molar-refractivity contribution is 6.31. The van der Waals surface area contributed by atoms with Gasteiger partial charge in [0.05, 0.1) is 11.6 Å². The maximum atomic E-state index is 14.0. The van der Waals surface area contributed by atoms with Gasteiger partial charge in [-0.2, -0.15) is 0 Å². The average molecular weight is 448 g/mol. The van der Waals surface area contributed by atoms with Gasteiger partial charge in [0.15, 0.2) is 11.5 Å². The van der Waals surface area contributed by atoms with E-state index >= 15 is 0 Å². The molecule has 0 bridgehead atoms. The number of nitrogens with one attached hydrogen (secondary N) is 1. The molecule has 3 aromatic rings. The third-order valence-corrected chi connectivity index (χ3v) is 5.30. The average Bonchev–Trinajstić information content (AvgIpc) is 2.74. The summed E-state index contributed by atoms with van der Waals surface area (Å²) in [6.07, 6.45) is 0.932. The Morgan fingerprint density at radius 1 is 0.900 bits per heavy atom. The van der Waals surface area contributed by atoms with E-state index in [1.165, 1.54) is 11.6 Å². The van der Waals surface area contributed by atoms with Crippen LogP contribution in [-0.2, 0) is 19.6 Å². The van der Waals surface area contributed by atoms with Gasteiger partial charge in [-0.25, -0.2) is 4.39 Å². The van der Waals surface area contributed by atoms with Crippen LogP contribution >= 0.6 is 23.2 Å². The van der Waals surface area contributed by atoms with E-state index in [9.17, 15) is 4.39 Å². The lowest BCUT2D eigenvalue weighted by molar-refractivity contribution is 0.265. The Hall–Kier alpha value is -2.27. The molecule has 0 heterocycles. The van der Waals surface area contributed by atoms with Crippen molar-refractivity contribution < 1.29 is 13.9 Å². The largest absolute Gasteiger partial charge is 0.490 e. The lowest BCUT2D eigenvalue weighted by Crippen LogP contribution is -2.17. The van der Waals surface area contributed by atoms with Crippen LogP contribution in [0.5, 0.6) is 11.5 Å². The van der Waals surface area contributed by atoms with Crippen LogP contribution in [0, 0.1) is 5.82 Å². The zero-order valence-electron chi connectivity index (χ0n) is 16.8. The second-order valence-electron chi connectivity index (χ2n) is 6.72. The summed E-state index contributed by atoms with van der Waals surface area (Å²) in [5, 5.41) is 4.28. The Morgan fingerprint density at radius 2 is 1.67 bits per heavy atom. The van der Waals surface area contributed by atoms with Gasteiger partial charge in [-0.3, -0.25) is 0 Å². The molecule has 6 heteroatoms. The second kappa shape index (κ2) is 11.2. The standard InChI is InChI=1S/C24H24Cl2FNO2/c1-2-29-23-13-18(15-28-12-11-17-7-4-3-5-8-17)21(26)14-24(23)30-16-19-20(25)9-6-10-22(19)27/h3-10,13-14,28H,2,11-12,15-16H2,1H3. The first-order chi connectivity index (χ1) is 14.6. The fourth-order valence-corrected chi connectivity index (χ4v) is 3.45. The van der Waals surface area contributed by atoms with Gasteiger partial charge in [-0.1, -0.05) is 59.6 Å². The molecule has 0 saturated heterocycles.